The van der Waals surface area contributed by atoms with E-state index in [1.807, 2.05) is 0 Å². The first-order chi connectivity index (χ1) is 12.7. The van der Waals surface area contributed by atoms with Crippen LogP contribution >= 0.6 is 0 Å². The predicted octanol–water partition coefficient (Wildman–Crippen LogP) is 9.03. The van der Waals surface area contributed by atoms with Gasteiger partial charge in [0.2, 0.25) is 0 Å². The molecule has 0 fully saturated rings. The SMILES string of the molecule is CC1=C[C](C)([La]([C]2(C)C=C(C)C(C)=C2C)[C]2(C)C=C(C)C(C)=C2C)C(C)=C1C. The van der Waals surface area contributed by atoms with Gasteiger partial charge in [-0.25, -0.2) is 0 Å². The summed E-state index contributed by atoms with van der Waals surface area (Å²) in [4.78, 5) is 0. The van der Waals surface area contributed by atoms with Crippen LogP contribution in [0.15, 0.2) is 68.4 Å². The monoisotopic (exact) mass is 502 g/mol. The summed E-state index contributed by atoms with van der Waals surface area (Å²) < 4.78 is 0.759. The molecule has 0 amide bonds. The van der Waals surface area contributed by atoms with Crippen LogP contribution in [-0.4, -0.2) is 0 Å². The van der Waals surface area contributed by atoms with Gasteiger partial charge in [0.15, 0.2) is 0 Å². The predicted molar refractivity (Wildman–Crippen MR) is 121 cm³/mol. The van der Waals surface area contributed by atoms with Crippen LogP contribution in [0.1, 0.15) is 83.1 Å². The first kappa shape index (κ1) is 22.3. The Kier molecular flexibility index (Phi) is 5.44. The maximum absolute atomic E-state index is 2.73. The molecule has 28 heavy (non-hydrogen) atoms. The third-order valence-corrected chi connectivity index (χ3v) is 26.2. The molecule has 0 saturated carbocycles. The Morgan fingerprint density at radius 1 is 0.464 bits per heavy atom. The molecule has 0 aliphatic heterocycles. The van der Waals surface area contributed by atoms with Gasteiger partial charge in [-0.05, 0) is 0 Å². The Morgan fingerprint density at radius 2 is 0.679 bits per heavy atom. The molecule has 3 unspecified atom stereocenters. The van der Waals surface area contributed by atoms with Gasteiger partial charge in [-0.15, -0.1) is 0 Å². The van der Waals surface area contributed by atoms with Gasteiger partial charge in [-0.2, -0.15) is 0 Å². The van der Waals surface area contributed by atoms with E-state index in [1.165, 1.54) is 33.4 Å². The van der Waals surface area contributed by atoms with Gasteiger partial charge in [0.25, 0.3) is 0 Å². The molecular weight excluding hydrogens is 463 g/mol. The molecule has 0 nitrogen and oxygen atoms in total. The molecule has 0 radical (unpaired) electrons. The molecule has 0 saturated heterocycles. The fourth-order valence-corrected chi connectivity index (χ4v) is 28.6. The van der Waals surface area contributed by atoms with Crippen LogP contribution in [0, 0.1) is 30.0 Å². The second-order valence-corrected chi connectivity index (χ2v) is 24.5. The standard InChI is InChI=1S/3C9H13.La/c3*1-6-5-7(2)9(4)8(6)3;/h3*5H,1-4H3;. The average Bonchev–Trinajstić information content (AvgIpc) is 3.01. The Hall–Kier alpha value is -0.365. The molecule has 0 spiro atoms. The third kappa shape index (κ3) is 2.79. The number of rotatable bonds is 3. The van der Waals surface area contributed by atoms with Crippen molar-refractivity contribution in [2.75, 3.05) is 0 Å². The van der Waals surface area contributed by atoms with E-state index < -0.39 is 30.0 Å². The number of allylic oxidation sites excluding steroid dienone is 12. The molecule has 3 atom stereocenters. The third-order valence-electron chi connectivity index (χ3n) is 9.23. The molecule has 1 heteroatoms. The summed E-state index contributed by atoms with van der Waals surface area (Å²) in [5.41, 5.74) is 14.1. The molecule has 3 aliphatic rings. The van der Waals surface area contributed by atoms with Gasteiger partial charge >= 0.3 is 187 Å². The fraction of sp³-hybridized carbons (Fsp3) is 0.556. The van der Waals surface area contributed by atoms with E-state index in [9.17, 15) is 0 Å². The zero-order chi connectivity index (χ0) is 21.4. The summed E-state index contributed by atoms with van der Waals surface area (Å²) in [6, 6.07) is 0. The van der Waals surface area contributed by atoms with Gasteiger partial charge in [0, 0.05) is 0 Å². The van der Waals surface area contributed by atoms with E-state index in [2.05, 4.69) is 101 Å². The first-order valence-electron chi connectivity index (χ1n) is 10.8. The summed E-state index contributed by atoms with van der Waals surface area (Å²) in [5, 5.41) is 0. The average molecular weight is 503 g/mol. The summed E-state index contributed by atoms with van der Waals surface area (Å²) >= 11 is -2.73. The van der Waals surface area contributed by atoms with Crippen LogP contribution in [0.2, 0.25) is 5.45 Å². The van der Waals surface area contributed by atoms with E-state index in [1.54, 1.807) is 16.7 Å². The maximum atomic E-state index is 2.68. The van der Waals surface area contributed by atoms with Crippen LogP contribution in [0.3, 0.4) is 0 Å². The van der Waals surface area contributed by atoms with Crippen molar-refractivity contribution in [1.82, 2.24) is 0 Å². The van der Waals surface area contributed by atoms with Crippen molar-refractivity contribution in [3.05, 3.63) is 68.4 Å². The van der Waals surface area contributed by atoms with Crippen molar-refractivity contribution in [3.63, 3.8) is 0 Å². The zero-order valence-electron chi connectivity index (χ0n) is 20.3. The van der Waals surface area contributed by atoms with E-state index in [4.69, 9.17) is 0 Å². The molecule has 0 heterocycles. The zero-order valence-corrected chi connectivity index (χ0v) is 23.9. The van der Waals surface area contributed by atoms with E-state index in [-0.39, 0.29) is 5.45 Å². The van der Waals surface area contributed by atoms with Gasteiger partial charge in [0.05, 0.1) is 0 Å². The Labute approximate surface area is 185 Å². The van der Waals surface area contributed by atoms with Crippen LogP contribution in [0.4, 0.5) is 0 Å². The van der Waals surface area contributed by atoms with Gasteiger partial charge < -0.3 is 0 Å². The molecule has 0 aromatic rings. The van der Waals surface area contributed by atoms with Crippen molar-refractivity contribution in [2.24, 2.45) is 0 Å². The van der Waals surface area contributed by atoms with Crippen molar-refractivity contribution < 1.29 is 30.0 Å². The second kappa shape index (κ2) is 6.83. The Balaban J connectivity index is 2.37. The van der Waals surface area contributed by atoms with Crippen LogP contribution in [-0.2, 0) is 0 Å². The normalized spacial score (nSPS) is 35.8. The van der Waals surface area contributed by atoms with Crippen LogP contribution < -0.4 is 0 Å². The molecule has 0 bridgehead atoms. The summed E-state index contributed by atoms with van der Waals surface area (Å²) in [6.07, 6.45) is 8.03. The summed E-state index contributed by atoms with van der Waals surface area (Å²) in [6.45, 7) is 29.1. The number of hydrogen-bond donors (Lipinski definition) is 0. The topological polar surface area (TPSA) is 0 Å². The Morgan fingerprint density at radius 3 is 0.821 bits per heavy atom. The minimum atomic E-state index is -2.73. The minimum absolute atomic E-state index is 0.253. The molecule has 3 rings (SSSR count). The number of hydrogen-bond acceptors (Lipinski definition) is 0. The fourth-order valence-electron chi connectivity index (χ4n) is 6.87. The van der Waals surface area contributed by atoms with Crippen molar-refractivity contribution in [1.29, 1.82) is 0 Å². The van der Waals surface area contributed by atoms with Crippen molar-refractivity contribution in [3.8, 4) is 0 Å². The van der Waals surface area contributed by atoms with E-state index in [0.717, 1.165) is 0 Å². The van der Waals surface area contributed by atoms with Crippen LogP contribution in [0.5, 0.6) is 0 Å². The molecule has 0 aromatic heterocycles. The molecule has 150 valence electrons. The van der Waals surface area contributed by atoms with E-state index >= 15 is 0 Å². The van der Waals surface area contributed by atoms with Gasteiger partial charge in [0.1, 0.15) is 0 Å². The first-order valence-corrected chi connectivity index (χ1v) is 16.3. The Bertz CT molecular complexity index is 821. The van der Waals surface area contributed by atoms with Crippen molar-refractivity contribution in [2.45, 2.75) is 88.5 Å². The second-order valence-electron chi connectivity index (χ2n) is 10.5. The molecule has 0 aromatic carbocycles. The molecular formula is C27H39La. The van der Waals surface area contributed by atoms with E-state index in [0.29, 0.717) is 0 Å². The summed E-state index contributed by atoms with van der Waals surface area (Å²) in [5.74, 6) is 0. The van der Waals surface area contributed by atoms with Crippen molar-refractivity contribution >= 4 is 0 Å². The molecule has 0 N–H and O–H groups in total. The van der Waals surface area contributed by atoms with Gasteiger partial charge in [-0.1, -0.05) is 0 Å². The summed E-state index contributed by atoms with van der Waals surface area (Å²) in [7, 11) is 0. The quantitative estimate of drug-likeness (QED) is 0.361. The molecule has 3 aliphatic carbocycles. The van der Waals surface area contributed by atoms with Crippen LogP contribution in [0.25, 0.3) is 0 Å². The van der Waals surface area contributed by atoms with Gasteiger partial charge in [-0.3, -0.25) is 0 Å².